The fraction of sp³-hybridized carbons (Fsp3) is 0.611. The van der Waals surface area contributed by atoms with Crippen LogP contribution in [-0.4, -0.2) is 41.3 Å². The second-order valence-electron chi connectivity index (χ2n) is 6.81. The Kier molecular flexibility index (Phi) is 9.43. The minimum Gasteiger partial charge on any atom is -0.491 e. The molecule has 26 heavy (non-hydrogen) atoms. The van der Waals surface area contributed by atoms with Gasteiger partial charge in [-0.2, -0.15) is 0 Å². The van der Waals surface area contributed by atoms with Crippen LogP contribution in [0.5, 0.6) is 5.75 Å². The zero-order chi connectivity index (χ0) is 19.5. The Morgan fingerprint density at radius 2 is 1.96 bits per heavy atom. The summed E-state index contributed by atoms with van der Waals surface area (Å²) in [7, 11) is 0. The Morgan fingerprint density at radius 1 is 1.31 bits per heavy atom. The van der Waals surface area contributed by atoms with E-state index in [1.807, 2.05) is 0 Å². The number of hydrogen-bond donors (Lipinski definition) is 3. The summed E-state index contributed by atoms with van der Waals surface area (Å²) in [5.74, 6) is 1.44. The quantitative estimate of drug-likeness (QED) is 0.239. The summed E-state index contributed by atoms with van der Waals surface area (Å²) >= 11 is 0. The SMILES string of the molecule is CC(C)CCCC(C)NC(N)=NCC(O)COc1ccc([N+](=O)[O-])cc1. The van der Waals surface area contributed by atoms with Crippen LogP contribution in [0.4, 0.5) is 5.69 Å². The first kappa shape index (κ1) is 21.7. The van der Waals surface area contributed by atoms with E-state index in [9.17, 15) is 15.2 Å². The minimum absolute atomic E-state index is 0.0103. The molecule has 0 aliphatic carbocycles. The number of aliphatic imine (C=N–C) groups is 1. The standard InChI is InChI=1S/C18H30N4O4/c1-13(2)5-4-6-14(3)21-18(19)20-11-16(23)12-26-17-9-7-15(8-10-17)22(24)25/h7-10,13-14,16,23H,4-6,11-12H2,1-3H3,(H3,19,20,21). The highest BCUT2D eigenvalue weighted by Crippen LogP contribution is 2.17. The molecular weight excluding hydrogens is 336 g/mol. The molecule has 0 heterocycles. The van der Waals surface area contributed by atoms with Crippen LogP contribution in [0.25, 0.3) is 0 Å². The lowest BCUT2D eigenvalue weighted by atomic mass is 10.0. The molecule has 0 fully saturated rings. The molecule has 8 nitrogen and oxygen atoms in total. The number of aliphatic hydroxyl groups excluding tert-OH is 1. The number of nitro groups is 1. The highest BCUT2D eigenvalue weighted by atomic mass is 16.6. The molecule has 8 heteroatoms. The average Bonchev–Trinajstić information content (AvgIpc) is 2.58. The van der Waals surface area contributed by atoms with Crippen molar-refractivity contribution in [3.8, 4) is 5.75 Å². The molecule has 1 aromatic carbocycles. The number of nitrogens with two attached hydrogens (primary N) is 1. The Bertz CT molecular complexity index is 575. The third kappa shape index (κ3) is 9.22. The number of nitrogens with zero attached hydrogens (tertiary/aromatic N) is 2. The van der Waals surface area contributed by atoms with Gasteiger partial charge < -0.3 is 20.9 Å². The van der Waals surface area contributed by atoms with Crippen LogP contribution < -0.4 is 15.8 Å². The van der Waals surface area contributed by atoms with Gasteiger partial charge in [0, 0.05) is 18.2 Å². The summed E-state index contributed by atoms with van der Waals surface area (Å²) in [6, 6.07) is 5.91. The van der Waals surface area contributed by atoms with Gasteiger partial charge in [0.25, 0.3) is 5.69 Å². The van der Waals surface area contributed by atoms with Crippen molar-refractivity contribution in [2.45, 2.75) is 52.2 Å². The first-order valence-corrected chi connectivity index (χ1v) is 8.89. The Labute approximate surface area is 154 Å². The summed E-state index contributed by atoms with van der Waals surface area (Å²) in [6.45, 7) is 6.60. The largest absolute Gasteiger partial charge is 0.491 e. The molecule has 0 radical (unpaired) electrons. The van der Waals surface area contributed by atoms with Gasteiger partial charge in [0.05, 0.1) is 11.5 Å². The number of benzene rings is 1. The number of non-ortho nitro benzene ring substituents is 1. The molecule has 4 N–H and O–H groups in total. The van der Waals surface area contributed by atoms with Crippen LogP contribution in [0, 0.1) is 16.0 Å². The lowest BCUT2D eigenvalue weighted by molar-refractivity contribution is -0.384. The summed E-state index contributed by atoms with van der Waals surface area (Å²) in [5.41, 5.74) is 5.82. The van der Waals surface area contributed by atoms with Gasteiger partial charge >= 0.3 is 0 Å². The molecule has 1 aromatic rings. The second kappa shape index (κ2) is 11.3. The summed E-state index contributed by atoms with van der Waals surface area (Å²) < 4.78 is 5.39. The lowest BCUT2D eigenvalue weighted by Gasteiger charge is -2.16. The van der Waals surface area contributed by atoms with Crippen molar-refractivity contribution in [1.29, 1.82) is 0 Å². The van der Waals surface area contributed by atoms with Gasteiger partial charge in [-0.15, -0.1) is 0 Å². The van der Waals surface area contributed by atoms with E-state index in [2.05, 4.69) is 31.1 Å². The van der Waals surface area contributed by atoms with Gasteiger partial charge in [-0.1, -0.05) is 26.7 Å². The molecule has 0 aliphatic rings. The van der Waals surface area contributed by atoms with E-state index in [0.717, 1.165) is 12.8 Å². The van der Waals surface area contributed by atoms with Crippen molar-refractivity contribution in [2.75, 3.05) is 13.2 Å². The van der Waals surface area contributed by atoms with Gasteiger partial charge in [0.1, 0.15) is 18.5 Å². The predicted molar refractivity (Wildman–Crippen MR) is 102 cm³/mol. The molecule has 146 valence electrons. The van der Waals surface area contributed by atoms with Crippen LogP contribution >= 0.6 is 0 Å². The number of ether oxygens (including phenoxy) is 1. The maximum Gasteiger partial charge on any atom is 0.269 e. The van der Waals surface area contributed by atoms with Crippen LogP contribution in [0.3, 0.4) is 0 Å². The van der Waals surface area contributed by atoms with E-state index in [0.29, 0.717) is 17.6 Å². The summed E-state index contributed by atoms with van der Waals surface area (Å²) in [5, 5.41) is 23.6. The average molecular weight is 366 g/mol. The van der Waals surface area contributed by atoms with E-state index in [4.69, 9.17) is 10.5 Å². The highest BCUT2D eigenvalue weighted by molar-refractivity contribution is 5.78. The Hall–Kier alpha value is -2.35. The number of aliphatic hydroxyl groups is 1. The fourth-order valence-electron chi connectivity index (χ4n) is 2.32. The molecule has 1 rings (SSSR count). The molecular formula is C18H30N4O4. The van der Waals surface area contributed by atoms with Crippen molar-refractivity contribution in [3.63, 3.8) is 0 Å². The van der Waals surface area contributed by atoms with E-state index in [1.165, 1.54) is 30.7 Å². The number of nitrogens with one attached hydrogen (secondary N) is 1. The third-order valence-corrected chi connectivity index (χ3v) is 3.78. The molecule has 0 aliphatic heterocycles. The first-order valence-electron chi connectivity index (χ1n) is 8.89. The third-order valence-electron chi connectivity index (χ3n) is 3.78. The monoisotopic (exact) mass is 366 g/mol. The van der Waals surface area contributed by atoms with Crippen molar-refractivity contribution in [3.05, 3.63) is 34.4 Å². The van der Waals surface area contributed by atoms with E-state index >= 15 is 0 Å². The van der Waals surface area contributed by atoms with Crippen LogP contribution in [-0.2, 0) is 0 Å². The summed E-state index contributed by atoms with van der Waals surface area (Å²) in [4.78, 5) is 14.2. The fourth-order valence-corrected chi connectivity index (χ4v) is 2.32. The Balaban J connectivity index is 2.29. The number of nitro benzene ring substituents is 1. The van der Waals surface area contributed by atoms with Gasteiger partial charge in [0.15, 0.2) is 5.96 Å². The number of guanidine groups is 1. The van der Waals surface area contributed by atoms with Crippen LogP contribution in [0.1, 0.15) is 40.0 Å². The van der Waals surface area contributed by atoms with E-state index in [-0.39, 0.29) is 24.9 Å². The molecule has 2 atom stereocenters. The topological polar surface area (TPSA) is 123 Å². The van der Waals surface area contributed by atoms with Gasteiger partial charge in [0.2, 0.25) is 0 Å². The van der Waals surface area contributed by atoms with E-state index in [1.54, 1.807) is 0 Å². The van der Waals surface area contributed by atoms with Gasteiger partial charge in [-0.25, -0.2) is 0 Å². The van der Waals surface area contributed by atoms with Crippen molar-refractivity contribution in [1.82, 2.24) is 5.32 Å². The minimum atomic E-state index is -0.818. The van der Waals surface area contributed by atoms with Crippen molar-refractivity contribution in [2.24, 2.45) is 16.6 Å². The molecule has 0 saturated heterocycles. The zero-order valence-corrected chi connectivity index (χ0v) is 15.7. The van der Waals surface area contributed by atoms with Crippen LogP contribution in [0.15, 0.2) is 29.3 Å². The van der Waals surface area contributed by atoms with Gasteiger partial charge in [-0.3, -0.25) is 15.1 Å². The van der Waals surface area contributed by atoms with Crippen molar-refractivity contribution >= 4 is 11.6 Å². The highest BCUT2D eigenvalue weighted by Gasteiger charge is 2.08. The maximum absolute atomic E-state index is 10.6. The van der Waals surface area contributed by atoms with Crippen molar-refractivity contribution < 1.29 is 14.8 Å². The number of hydrogen-bond acceptors (Lipinski definition) is 5. The maximum atomic E-state index is 10.6. The zero-order valence-electron chi connectivity index (χ0n) is 15.7. The predicted octanol–water partition coefficient (Wildman–Crippen LogP) is 2.45. The smallest absolute Gasteiger partial charge is 0.269 e. The molecule has 2 unspecified atom stereocenters. The molecule has 0 bridgehead atoms. The van der Waals surface area contributed by atoms with Gasteiger partial charge in [-0.05, 0) is 31.4 Å². The molecule has 0 spiro atoms. The Morgan fingerprint density at radius 3 is 2.54 bits per heavy atom. The van der Waals surface area contributed by atoms with Crippen LogP contribution in [0.2, 0.25) is 0 Å². The number of rotatable bonds is 11. The molecule has 0 aromatic heterocycles. The van der Waals surface area contributed by atoms with E-state index < -0.39 is 11.0 Å². The summed E-state index contributed by atoms with van der Waals surface area (Å²) in [6.07, 6.45) is 2.51. The molecule has 0 amide bonds. The second-order valence-corrected chi connectivity index (χ2v) is 6.81. The first-order chi connectivity index (χ1) is 12.3. The normalized spacial score (nSPS) is 14.1. The lowest BCUT2D eigenvalue weighted by Crippen LogP contribution is -2.39. The molecule has 0 saturated carbocycles.